The van der Waals surface area contributed by atoms with Crippen molar-refractivity contribution >= 4 is 27.6 Å². The van der Waals surface area contributed by atoms with E-state index < -0.39 is 12.3 Å². The van der Waals surface area contributed by atoms with Crippen molar-refractivity contribution in [2.45, 2.75) is 6.43 Å². The second-order valence-electron chi connectivity index (χ2n) is 4.33. The lowest BCUT2D eigenvalue weighted by Crippen LogP contribution is -2.10. The third-order valence-electron chi connectivity index (χ3n) is 2.89. The van der Waals surface area contributed by atoms with E-state index in [0.29, 0.717) is 10.3 Å². The molecule has 3 heterocycles. The van der Waals surface area contributed by atoms with Crippen LogP contribution in [0.4, 0.5) is 8.78 Å². The molecule has 0 fully saturated rings. The molecule has 3 rings (SSSR count). The van der Waals surface area contributed by atoms with Gasteiger partial charge in [0.2, 0.25) is 0 Å². The zero-order chi connectivity index (χ0) is 15.1. The smallest absolute Gasteiger partial charge is 0.282 e. The lowest BCUT2D eigenvalue weighted by molar-refractivity contribution is 0.100. The van der Waals surface area contributed by atoms with Gasteiger partial charge in [0.05, 0.1) is 17.5 Å². The molecule has 0 saturated carbocycles. The third kappa shape index (κ3) is 2.25. The summed E-state index contributed by atoms with van der Waals surface area (Å²) in [7, 11) is 1.54. The first kappa shape index (κ1) is 13.6. The van der Waals surface area contributed by atoms with E-state index in [9.17, 15) is 13.6 Å². The van der Waals surface area contributed by atoms with Crippen LogP contribution in [0.25, 0.3) is 21.6 Å². The number of carbonyl (C=O) groups excluding carboxylic acids is 1. The minimum atomic E-state index is -2.73. The van der Waals surface area contributed by atoms with Gasteiger partial charge in [-0.2, -0.15) is 5.10 Å². The molecule has 0 aliphatic rings. The highest BCUT2D eigenvalue weighted by molar-refractivity contribution is 7.17. The van der Waals surface area contributed by atoms with E-state index in [1.807, 2.05) is 0 Å². The molecule has 1 amide bonds. The van der Waals surface area contributed by atoms with Crippen molar-refractivity contribution in [2.24, 2.45) is 12.8 Å². The van der Waals surface area contributed by atoms with E-state index in [0.717, 1.165) is 0 Å². The Bertz CT molecular complexity index is 841. The summed E-state index contributed by atoms with van der Waals surface area (Å²) in [5.74, 6) is -0.632. The molecule has 0 radical (unpaired) electrons. The van der Waals surface area contributed by atoms with Crippen LogP contribution in [0.5, 0.6) is 0 Å². The predicted molar refractivity (Wildman–Crippen MR) is 73.1 cm³/mol. The maximum absolute atomic E-state index is 13.0. The number of rotatable bonds is 3. The number of carbonyl (C=O) groups is 1. The lowest BCUT2D eigenvalue weighted by Gasteiger charge is -2.01. The van der Waals surface area contributed by atoms with Crippen LogP contribution < -0.4 is 5.73 Å². The molecule has 0 bridgehead atoms. The Hall–Kier alpha value is -2.42. The maximum atomic E-state index is 13.0. The first-order chi connectivity index (χ1) is 9.97. The van der Waals surface area contributed by atoms with Crippen LogP contribution in [0.15, 0.2) is 17.8 Å². The molecule has 3 aromatic heterocycles. The molecule has 3 aromatic rings. The number of hydrogen-bond donors (Lipinski definition) is 1. The van der Waals surface area contributed by atoms with E-state index in [1.165, 1.54) is 28.4 Å². The minimum absolute atomic E-state index is 0.184. The summed E-state index contributed by atoms with van der Waals surface area (Å²) in [5.41, 5.74) is 5.84. The first-order valence-electron chi connectivity index (χ1n) is 5.83. The summed E-state index contributed by atoms with van der Waals surface area (Å²) in [5, 5.41) is 5.27. The Labute approximate surface area is 121 Å². The zero-order valence-electron chi connectivity index (χ0n) is 10.7. The lowest BCUT2D eigenvalue weighted by atomic mass is 10.2. The summed E-state index contributed by atoms with van der Waals surface area (Å²) in [6.07, 6.45) is 0.0944. The molecule has 0 aromatic carbocycles. The Morgan fingerprint density at radius 2 is 2.24 bits per heavy atom. The van der Waals surface area contributed by atoms with Gasteiger partial charge in [-0.1, -0.05) is 0 Å². The highest BCUT2D eigenvalue weighted by Crippen LogP contribution is 2.30. The molecule has 0 atom stereocenters. The number of nitrogens with zero attached hydrogens (tertiary/aromatic N) is 4. The summed E-state index contributed by atoms with van der Waals surface area (Å²) in [6.45, 7) is 0. The number of amides is 1. The van der Waals surface area contributed by atoms with Gasteiger partial charge in [-0.3, -0.25) is 9.48 Å². The molecule has 6 nitrogen and oxygen atoms in total. The number of nitrogens with two attached hydrogens (primary N) is 1. The third-order valence-corrected chi connectivity index (χ3v) is 3.76. The van der Waals surface area contributed by atoms with E-state index in [2.05, 4.69) is 15.1 Å². The number of alkyl halides is 2. The van der Waals surface area contributed by atoms with Crippen molar-refractivity contribution in [2.75, 3.05) is 0 Å². The summed E-state index contributed by atoms with van der Waals surface area (Å²) >= 11 is 1.22. The molecular weight excluding hydrogens is 300 g/mol. The van der Waals surface area contributed by atoms with Gasteiger partial charge >= 0.3 is 0 Å². The van der Waals surface area contributed by atoms with Crippen molar-refractivity contribution in [1.82, 2.24) is 19.7 Å². The van der Waals surface area contributed by atoms with Gasteiger partial charge in [0.25, 0.3) is 12.3 Å². The molecule has 9 heteroatoms. The molecule has 21 heavy (non-hydrogen) atoms. The SMILES string of the molecule is Cn1cc(-c2cnc3scc(C(N)=O)c3n2)c(C(F)F)n1. The summed E-state index contributed by atoms with van der Waals surface area (Å²) in [4.78, 5) is 20.2. The molecule has 108 valence electrons. The van der Waals surface area contributed by atoms with Crippen molar-refractivity contribution in [3.8, 4) is 11.3 Å². The van der Waals surface area contributed by atoms with Crippen LogP contribution in [0, 0.1) is 0 Å². The summed E-state index contributed by atoms with van der Waals surface area (Å²) < 4.78 is 27.3. The number of thiophene rings is 1. The van der Waals surface area contributed by atoms with Gasteiger partial charge in [-0.05, 0) is 0 Å². The van der Waals surface area contributed by atoms with E-state index in [-0.39, 0.29) is 22.5 Å². The Morgan fingerprint density at radius 3 is 2.90 bits per heavy atom. The van der Waals surface area contributed by atoms with Gasteiger partial charge < -0.3 is 5.73 Å². The monoisotopic (exact) mass is 309 g/mol. The average molecular weight is 309 g/mol. The van der Waals surface area contributed by atoms with Crippen LogP contribution in [-0.2, 0) is 7.05 Å². The van der Waals surface area contributed by atoms with Crippen LogP contribution in [0.2, 0.25) is 0 Å². The zero-order valence-corrected chi connectivity index (χ0v) is 11.6. The Morgan fingerprint density at radius 1 is 1.48 bits per heavy atom. The number of aromatic nitrogens is 4. The quantitative estimate of drug-likeness (QED) is 0.803. The topological polar surface area (TPSA) is 86.7 Å². The number of hydrogen-bond acceptors (Lipinski definition) is 5. The molecule has 0 spiro atoms. The van der Waals surface area contributed by atoms with Gasteiger partial charge in [-0.25, -0.2) is 18.7 Å². The number of halogens is 2. The second-order valence-corrected chi connectivity index (χ2v) is 5.18. The average Bonchev–Trinajstić information content (AvgIpc) is 3.01. The van der Waals surface area contributed by atoms with Gasteiger partial charge in [0.15, 0.2) is 0 Å². The Balaban J connectivity index is 2.21. The summed E-state index contributed by atoms with van der Waals surface area (Å²) in [6, 6.07) is 0. The molecular formula is C12H9F2N5OS. The normalized spacial score (nSPS) is 11.4. The van der Waals surface area contributed by atoms with Crippen LogP contribution in [0.1, 0.15) is 22.5 Å². The maximum Gasteiger partial charge on any atom is 0.282 e. The molecule has 0 unspecified atom stereocenters. The van der Waals surface area contributed by atoms with Crippen molar-refractivity contribution in [3.05, 3.63) is 29.0 Å². The van der Waals surface area contributed by atoms with Crippen LogP contribution in [-0.4, -0.2) is 25.7 Å². The highest BCUT2D eigenvalue weighted by atomic mass is 32.1. The van der Waals surface area contributed by atoms with Gasteiger partial charge in [-0.15, -0.1) is 11.3 Å². The predicted octanol–water partition coefficient (Wildman–Crippen LogP) is 2.13. The Kier molecular flexibility index (Phi) is 3.13. The fourth-order valence-electron chi connectivity index (χ4n) is 1.98. The van der Waals surface area contributed by atoms with Crippen molar-refractivity contribution in [1.29, 1.82) is 0 Å². The second kappa shape index (κ2) is 4.85. The highest BCUT2D eigenvalue weighted by Gasteiger charge is 2.21. The van der Waals surface area contributed by atoms with Gasteiger partial charge in [0.1, 0.15) is 16.0 Å². The number of fused-ring (bicyclic) bond motifs is 1. The van der Waals surface area contributed by atoms with Crippen LogP contribution in [0.3, 0.4) is 0 Å². The fraction of sp³-hybridized carbons (Fsp3) is 0.167. The molecule has 0 aliphatic carbocycles. The van der Waals surface area contributed by atoms with Crippen molar-refractivity contribution < 1.29 is 13.6 Å². The van der Waals surface area contributed by atoms with E-state index >= 15 is 0 Å². The molecule has 0 saturated heterocycles. The first-order valence-corrected chi connectivity index (χ1v) is 6.71. The van der Waals surface area contributed by atoms with E-state index in [4.69, 9.17) is 5.73 Å². The molecule has 2 N–H and O–H groups in total. The largest absolute Gasteiger partial charge is 0.366 e. The van der Waals surface area contributed by atoms with Gasteiger partial charge in [0, 0.05) is 24.2 Å². The number of primary amides is 1. The standard InChI is InChI=1S/C12H9F2N5OS/c1-19-3-5(8(18-19)10(13)14)7-2-16-12-9(17-7)6(4-21-12)11(15)20/h2-4,10H,1H3,(H2,15,20). The molecule has 0 aliphatic heterocycles. The minimum Gasteiger partial charge on any atom is -0.366 e. The van der Waals surface area contributed by atoms with Crippen molar-refractivity contribution in [3.63, 3.8) is 0 Å². The number of aryl methyl sites for hydroxylation is 1. The van der Waals surface area contributed by atoms with E-state index in [1.54, 1.807) is 12.4 Å². The fourth-order valence-corrected chi connectivity index (χ4v) is 2.82. The van der Waals surface area contributed by atoms with Crippen LogP contribution >= 0.6 is 11.3 Å².